The average molecular weight is 350 g/mol. The van der Waals surface area contributed by atoms with Crippen LogP contribution in [0.25, 0.3) is 0 Å². The molecule has 1 aliphatic heterocycles. The molecule has 2 N–H and O–H groups in total. The quantitative estimate of drug-likeness (QED) is 0.790. The van der Waals surface area contributed by atoms with Crippen LogP contribution in [0.4, 0.5) is 9.59 Å². The maximum Gasteiger partial charge on any atom is 0.426 e. The lowest BCUT2D eigenvalue weighted by atomic mass is 9.92. The fourth-order valence-corrected chi connectivity index (χ4v) is 3.08. The van der Waals surface area contributed by atoms with Crippen LogP contribution >= 0.6 is 0 Å². The van der Waals surface area contributed by atoms with Crippen molar-refractivity contribution >= 4 is 18.2 Å². The monoisotopic (exact) mass is 350 g/mol. The van der Waals surface area contributed by atoms with Crippen LogP contribution in [0.15, 0.2) is 24.3 Å². The van der Waals surface area contributed by atoms with Crippen LogP contribution in [0.3, 0.4) is 0 Å². The van der Waals surface area contributed by atoms with E-state index in [1.807, 2.05) is 31.2 Å². The molecule has 0 radical (unpaired) electrons. The van der Waals surface area contributed by atoms with Crippen LogP contribution in [0.2, 0.25) is 0 Å². The first kappa shape index (κ1) is 18.6. The molecule has 0 saturated carbocycles. The summed E-state index contributed by atoms with van der Waals surface area (Å²) in [6.07, 6.45) is -2.42. The zero-order valence-electron chi connectivity index (χ0n) is 14.2. The molecule has 2 rings (SSSR count). The highest BCUT2D eigenvalue weighted by Crippen LogP contribution is 2.30. The molecule has 25 heavy (non-hydrogen) atoms. The largest absolute Gasteiger partial charge is 0.466 e. The van der Waals surface area contributed by atoms with Crippen LogP contribution < -0.4 is 0 Å². The lowest BCUT2D eigenvalue weighted by molar-refractivity contribution is -0.144. The Morgan fingerprint density at radius 2 is 1.80 bits per heavy atom. The predicted octanol–water partition coefficient (Wildman–Crippen LogP) is 2.36. The van der Waals surface area contributed by atoms with Gasteiger partial charge in [0, 0.05) is 5.92 Å². The van der Waals surface area contributed by atoms with E-state index in [-0.39, 0.29) is 19.6 Å². The maximum absolute atomic E-state index is 11.8. The number of carbonyl (C=O) groups is 3. The summed E-state index contributed by atoms with van der Waals surface area (Å²) in [6.45, 7) is 3.79. The molecule has 8 heteroatoms. The first-order chi connectivity index (χ1) is 11.8. The topological polar surface area (TPSA) is 107 Å². The first-order valence-corrected chi connectivity index (χ1v) is 8.07. The Kier molecular flexibility index (Phi) is 5.84. The second kappa shape index (κ2) is 7.87. The van der Waals surface area contributed by atoms with Crippen molar-refractivity contribution in [3.05, 3.63) is 35.4 Å². The molecule has 136 valence electrons. The lowest BCUT2D eigenvalue weighted by Crippen LogP contribution is -2.48. The van der Waals surface area contributed by atoms with E-state index in [0.717, 1.165) is 21.1 Å². The van der Waals surface area contributed by atoms with Gasteiger partial charge in [0.25, 0.3) is 0 Å². The van der Waals surface area contributed by atoms with Crippen molar-refractivity contribution in [2.24, 2.45) is 5.92 Å². The Bertz CT molecular complexity index is 645. The molecular formula is C17H22N2O6. The smallest absolute Gasteiger partial charge is 0.426 e. The molecule has 1 aliphatic rings. The summed E-state index contributed by atoms with van der Waals surface area (Å²) in [6, 6.07) is 6.91. The third-order valence-corrected chi connectivity index (χ3v) is 4.24. The Morgan fingerprint density at radius 3 is 2.32 bits per heavy atom. The molecule has 0 aliphatic carbocycles. The summed E-state index contributed by atoms with van der Waals surface area (Å²) in [5.41, 5.74) is 1.95. The van der Waals surface area contributed by atoms with Gasteiger partial charge in [0.15, 0.2) is 0 Å². The SMILES string of the molecule is CCOC(=O)C[C@H]1CN(C(=O)O)N(C(=O)O)[C@@H]1Cc1ccc(C)cc1. The van der Waals surface area contributed by atoms with E-state index in [4.69, 9.17) is 4.74 Å². The van der Waals surface area contributed by atoms with Crippen LogP contribution in [0, 0.1) is 12.8 Å². The third-order valence-electron chi connectivity index (χ3n) is 4.24. The number of carboxylic acid groups (broad SMARTS) is 2. The van der Waals surface area contributed by atoms with Crippen LogP contribution in [-0.2, 0) is 16.0 Å². The Balaban J connectivity index is 2.27. The fourth-order valence-electron chi connectivity index (χ4n) is 3.08. The minimum absolute atomic E-state index is 0.0298. The van der Waals surface area contributed by atoms with Crippen molar-refractivity contribution in [2.75, 3.05) is 13.2 Å². The summed E-state index contributed by atoms with van der Waals surface area (Å²) in [7, 11) is 0. The number of nitrogens with zero attached hydrogens (tertiary/aromatic N) is 2. The third kappa shape index (κ3) is 4.40. The van der Waals surface area contributed by atoms with Gasteiger partial charge in [0.1, 0.15) is 0 Å². The van der Waals surface area contributed by atoms with E-state index in [0.29, 0.717) is 6.42 Å². The Hall–Kier alpha value is -2.77. The van der Waals surface area contributed by atoms with Gasteiger partial charge < -0.3 is 14.9 Å². The summed E-state index contributed by atoms with van der Waals surface area (Å²) >= 11 is 0. The molecule has 1 fully saturated rings. The second-order valence-electron chi connectivity index (χ2n) is 6.02. The lowest BCUT2D eigenvalue weighted by Gasteiger charge is -2.28. The summed E-state index contributed by atoms with van der Waals surface area (Å²) in [5, 5.41) is 20.4. The first-order valence-electron chi connectivity index (χ1n) is 8.07. The number of aryl methyl sites for hydroxylation is 1. The highest BCUT2D eigenvalue weighted by atomic mass is 16.5. The van der Waals surface area contributed by atoms with Gasteiger partial charge in [-0.05, 0) is 25.8 Å². The number of hydrogen-bond acceptors (Lipinski definition) is 4. The van der Waals surface area contributed by atoms with Crippen LogP contribution in [0.1, 0.15) is 24.5 Å². The van der Waals surface area contributed by atoms with Crippen LogP contribution in [-0.4, -0.2) is 57.6 Å². The van der Waals surface area contributed by atoms with Gasteiger partial charge in [-0.3, -0.25) is 4.79 Å². The molecule has 0 aromatic heterocycles. The molecule has 8 nitrogen and oxygen atoms in total. The number of hydrazine groups is 1. The van der Waals surface area contributed by atoms with E-state index in [9.17, 15) is 24.6 Å². The summed E-state index contributed by atoms with van der Waals surface area (Å²) in [5.74, 6) is -0.925. The molecule has 0 unspecified atom stereocenters. The van der Waals surface area contributed by atoms with E-state index >= 15 is 0 Å². The number of carbonyl (C=O) groups excluding carboxylic acids is 1. The number of benzene rings is 1. The second-order valence-corrected chi connectivity index (χ2v) is 6.02. The van der Waals surface area contributed by atoms with Gasteiger partial charge >= 0.3 is 18.2 Å². The normalized spacial score (nSPS) is 19.8. The Morgan fingerprint density at radius 1 is 1.16 bits per heavy atom. The molecular weight excluding hydrogens is 328 g/mol. The van der Waals surface area contributed by atoms with E-state index in [2.05, 4.69) is 0 Å². The Labute approximate surface area is 145 Å². The summed E-state index contributed by atoms with van der Waals surface area (Å²) in [4.78, 5) is 34.9. The van der Waals surface area contributed by atoms with Crippen LogP contribution in [0.5, 0.6) is 0 Å². The molecule has 0 bridgehead atoms. The highest BCUT2D eigenvalue weighted by molar-refractivity contribution is 5.74. The van der Waals surface area contributed by atoms with Crippen molar-refractivity contribution < 1.29 is 29.3 Å². The van der Waals surface area contributed by atoms with Crippen molar-refractivity contribution in [2.45, 2.75) is 32.7 Å². The van der Waals surface area contributed by atoms with Gasteiger partial charge in [-0.2, -0.15) is 0 Å². The minimum atomic E-state index is -1.36. The number of ether oxygens (including phenoxy) is 1. The average Bonchev–Trinajstić information content (AvgIpc) is 2.88. The van der Waals surface area contributed by atoms with Gasteiger partial charge in [0.2, 0.25) is 0 Å². The van der Waals surface area contributed by atoms with Crippen molar-refractivity contribution in [3.8, 4) is 0 Å². The molecule has 2 atom stereocenters. The fraction of sp³-hybridized carbons (Fsp3) is 0.471. The number of rotatable bonds is 5. The summed E-state index contributed by atoms with van der Waals surface area (Å²) < 4.78 is 4.94. The van der Waals surface area contributed by atoms with Gasteiger partial charge in [-0.15, -0.1) is 0 Å². The van der Waals surface area contributed by atoms with E-state index in [1.54, 1.807) is 6.92 Å². The zero-order chi connectivity index (χ0) is 18.6. The predicted molar refractivity (Wildman–Crippen MR) is 88.0 cm³/mol. The highest BCUT2D eigenvalue weighted by Gasteiger charge is 2.46. The maximum atomic E-state index is 11.8. The van der Waals surface area contributed by atoms with Gasteiger partial charge in [-0.1, -0.05) is 29.8 Å². The molecule has 1 saturated heterocycles. The van der Waals surface area contributed by atoms with Gasteiger partial charge in [-0.25, -0.2) is 19.6 Å². The number of amides is 2. The zero-order valence-corrected chi connectivity index (χ0v) is 14.2. The molecule has 0 spiro atoms. The van der Waals surface area contributed by atoms with Crippen molar-refractivity contribution in [1.29, 1.82) is 0 Å². The minimum Gasteiger partial charge on any atom is -0.466 e. The molecule has 1 heterocycles. The molecule has 1 aromatic rings. The standard InChI is InChI=1S/C17H22N2O6/c1-3-25-15(20)9-13-10-18(16(21)22)19(17(23)24)14(13)8-12-6-4-11(2)5-7-12/h4-7,13-14H,3,8-10H2,1-2H3,(H,21,22)(H,23,24)/t13-,14+/m0/s1. The number of esters is 1. The molecule has 2 amide bonds. The van der Waals surface area contributed by atoms with E-state index < -0.39 is 30.1 Å². The number of hydrogen-bond donors (Lipinski definition) is 2. The van der Waals surface area contributed by atoms with Crippen molar-refractivity contribution in [1.82, 2.24) is 10.0 Å². The van der Waals surface area contributed by atoms with Gasteiger partial charge in [0.05, 0.1) is 25.6 Å². The van der Waals surface area contributed by atoms with Crippen molar-refractivity contribution in [3.63, 3.8) is 0 Å². The molecule has 1 aromatic carbocycles. The van der Waals surface area contributed by atoms with E-state index in [1.165, 1.54) is 0 Å².